The van der Waals surface area contributed by atoms with Crippen LogP contribution in [0.25, 0.3) is 0 Å². The van der Waals surface area contributed by atoms with Crippen molar-refractivity contribution >= 4 is 11.6 Å². The van der Waals surface area contributed by atoms with Gasteiger partial charge in [0.1, 0.15) is 5.75 Å². The molecule has 0 aliphatic carbocycles. The van der Waals surface area contributed by atoms with Crippen LogP contribution in [0.2, 0.25) is 5.02 Å². The predicted molar refractivity (Wildman–Crippen MR) is 70.0 cm³/mol. The van der Waals surface area contributed by atoms with Gasteiger partial charge in [-0.2, -0.15) is 0 Å². The SMILES string of the molecule is CNCC(O)c1c(OC)c(Cl)cc(OC)c1OC. The number of aliphatic hydroxyl groups is 1. The Kier molecular flexibility index (Phi) is 5.53. The van der Waals surface area contributed by atoms with Crippen LogP contribution in [0.3, 0.4) is 0 Å². The molecule has 0 aliphatic heterocycles. The number of likely N-dealkylation sites (N-methyl/N-ethyl adjacent to an activating group) is 1. The summed E-state index contributed by atoms with van der Waals surface area (Å²) in [5.41, 5.74) is 0.471. The van der Waals surface area contributed by atoms with Gasteiger partial charge >= 0.3 is 0 Å². The summed E-state index contributed by atoms with van der Waals surface area (Å²) in [6.07, 6.45) is -0.813. The summed E-state index contributed by atoms with van der Waals surface area (Å²) < 4.78 is 15.7. The predicted octanol–water partition coefficient (Wildman–Crippen LogP) is 1.62. The lowest BCUT2D eigenvalue weighted by molar-refractivity contribution is 0.167. The van der Waals surface area contributed by atoms with E-state index in [4.69, 9.17) is 25.8 Å². The van der Waals surface area contributed by atoms with E-state index in [9.17, 15) is 5.11 Å². The molecule has 6 heteroatoms. The molecule has 2 N–H and O–H groups in total. The maximum absolute atomic E-state index is 10.2. The number of benzene rings is 1. The van der Waals surface area contributed by atoms with Crippen molar-refractivity contribution in [3.8, 4) is 17.2 Å². The number of hydrogen-bond donors (Lipinski definition) is 2. The zero-order chi connectivity index (χ0) is 13.7. The molecule has 1 atom stereocenters. The fraction of sp³-hybridized carbons (Fsp3) is 0.500. The molecule has 0 aliphatic rings. The van der Waals surface area contributed by atoms with E-state index in [1.54, 1.807) is 13.1 Å². The number of ether oxygens (including phenoxy) is 3. The van der Waals surface area contributed by atoms with Crippen molar-refractivity contribution < 1.29 is 19.3 Å². The van der Waals surface area contributed by atoms with Crippen LogP contribution in [0.15, 0.2) is 6.07 Å². The highest BCUT2D eigenvalue weighted by molar-refractivity contribution is 6.32. The second-order valence-corrected chi connectivity index (χ2v) is 4.02. The molecule has 5 nitrogen and oxygen atoms in total. The summed E-state index contributed by atoms with van der Waals surface area (Å²) in [5, 5.41) is 13.4. The highest BCUT2D eigenvalue weighted by atomic mass is 35.5. The van der Waals surface area contributed by atoms with Crippen LogP contribution >= 0.6 is 11.6 Å². The largest absolute Gasteiger partial charge is 0.495 e. The van der Waals surface area contributed by atoms with Gasteiger partial charge in [0.05, 0.1) is 38.0 Å². The fourth-order valence-corrected chi connectivity index (χ4v) is 2.06. The second-order valence-electron chi connectivity index (χ2n) is 3.61. The Morgan fingerprint density at radius 2 is 1.83 bits per heavy atom. The number of rotatable bonds is 6. The van der Waals surface area contributed by atoms with Crippen molar-refractivity contribution in [3.05, 3.63) is 16.7 Å². The summed E-state index contributed by atoms with van der Waals surface area (Å²) in [5.74, 6) is 1.26. The Morgan fingerprint density at radius 1 is 1.22 bits per heavy atom. The van der Waals surface area contributed by atoms with Crippen LogP contribution in [-0.2, 0) is 0 Å². The molecular weight excluding hydrogens is 258 g/mol. The van der Waals surface area contributed by atoms with Crippen LogP contribution in [0.1, 0.15) is 11.7 Å². The normalized spacial score (nSPS) is 12.1. The molecule has 0 spiro atoms. The van der Waals surface area contributed by atoms with Crippen LogP contribution < -0.4 is 19.5 Å². The molecule has 0 saturated carbocycles. The van der Waals surface area contributed by atoms with Gasteiger partial charge in [0.2, 0.25) is 0 Å². The molecule has 0 radical (unpaired) electrons. The Balaban J connectivity index is 3.44. The average Bonchev–Trinajstić information content (AvgIpc) is 2.37. The standard InChI is InChI=1S/C12H18ClNO4/c1-14-6-8(15)10-11(17-3)7(13)5-9(16-2)12(10)18-4/h5,8,14-15H,6H2,1-4H3. The number of nitrogens with one attached hydrogen (secondary N) is 1. The van der Waals surface area contributed by atoms with Gasteiger partial charge < -0.3 is 24.6 Å². The first-order valence-corrected chi connectivity index (χ1v) is 5.79. The van der Waals surface area contributed by atoms with Crippen LogP contribution in [0.4, 0.5) is 0 Å². The summed E-state index contributed by atoms with van der Waals surface area (Å²) in [6, 6.07) is 1.59. The molecule has 18 heavy (non-hydrogen) atoms. The van der Waals surface area contributed by atoms with Gasteiger partial charge in [-0.3, -0.25) is 0 Å². The number of hydrogen-bond acceptors (Lipinski definition) is 5. The van der Waals surface area contributed by atoms with Crippen molar-refractivity contribution in [3.63, 3.8) is 0 Å². The minimum Gasteiger partial charge on any atom is -0.495 e. The lowest BCUT2D eigenvalue weighted by Crippen LogP contribution is -2.18. The quantitative estimate of drug-likeness (QED) is 0.826. The second kappa shape index (κ2) is 6.68. The minimum absolute atomic E-state index is 0.343. The molecule has 1 aromatic carbocycles. The van der Waals surface area contributed by atoms with E-state index in [1.807, 2.05) is 0 Å². The lowest BCUT2D eigenvalue weighted by Gasteiger charge is -2.21. The van der Waals surface area contributed by atoms with Gasteiger partial charge in [-0.05, 0) is 7.05 Å². The maximum atomic E-state index is 10.2. The monoisotopic (exact) mass is 275 g/mol. The van der Waals surface area contributed by atoms with Crippen LogP contribution in [0.5, 0.6) is 17.2 Å². The molecule has 0 aromatic heterocycles. The molecule has 1 rings (SSSR count). The molecule has 0 amide bonds. The fourth-order valence-electron chi connectivity index (χ4n) is 1.78. The minimum atomic E-state index is -0.813. The maximum Gasteiger partial charge on any atom is 0.170 e. The van der Waals surface area contributed by atoms with E-state index in [2.05, 4.69) is 5.32 Å². The summed E-state index contributed by atoms with van der Waals surface area (Å²) in [6.45, 7) is 0.343. The first-order valence-electron chi connectivity index (χ1n) is 5.41. The van der Waals surface area contributed by atoms with Gasteiger partial charge in [0, 0.05) is 12.6 Å². The van der Waals surface area contributed by atoms with Gasteiger partial charge in [0.25, 0.3) is 0 Å². The van der Waals surface area contributed by atoms with Crippen molar-refractivity contribution in [2.24, 2.45) is 0 Å². The number of methoxy groups -OCH3 is 3. The third kappa shape index (κ3) is 2.80. The smallest absolute Gasteiger partial charge is 0.170 e. The molecule has 0 saturated heterocycles. The molecule has 1 unspecified atom stereocenters. The van der Waals surface area contributed by atoms with E-state index in [0.717, 1.165) is 0 Å². The highest BCUT2D eigenvalue weighted by Crippen LogP contribution is 2.45. The van der Waals surface area contributed by atoms with Gasteiger partial charge in [0.15, 0.2) is 11.5 Å². The zero-order valence-corrected chi connectivity index (χ0v) is 11.7. The summed E-state index contributed by atoms with van der Waals surface area (Å²) in [7, 11) is 6.24. The first kappa shape index (κ1) is 14.9. The van der Waals surface area contributed by atoms with E-state index in [0.29, 0.717) is 34.4 Å². The zero-order valence-electron chi connectivity index (χ0n) is 10.9. The van der Waals surface area contributed by atoms with E-state index in [1.165, 1.54) is 21.3 Å². The van der Waals surface area contributed by atoms with Crippen molar-refractivity contribution in [1.29, 1.82) is 0 Å². The van der Waals surface area contributed by atoms with E-state index in [-0.39, 0.29) is 0 Å². The van der Waals surface area contributed by atoms with E-state index >= 15 is 0 Å². The van der Waals surface area contributed by atoms with Crippen LogP contribution in [0, 0.1) is 0 Å². The molecule has 102 valence electrons. The lowest BCUT2D eigenvalue weighted by atomic mass is 10.1. The summed E-state index contributed by atoms with van der Waals surface area (Å²) in [4.78, 5) is 0. The Morgan fingerprint density at radius 3 is 2.28 bits per heavy atom. The average molecular weight is 276 g/mol. The van der Waals surface area contributed by atoms with Crippen molar-refractivity contribution in [2.45, 2.75) is 6.10 Å². The molecule has 0 bridgehead atoms. The van der Waals surface area contributed by atoms with Crippen LogP contribution in [-0.4, -0.2) is 40.0 Å². The molecule has 0 heterocycles. The Bertz CT molecular complexity index is 412. The highest BCUT2D eigenvalue weighted by Gasteiger charge is 2.24. The number of aliphatic hydroxyl groups excluding tert-OH is 1. The molecule has 1 aromatic rings. The third-order valence-electron chi connectivity index (χ3n) is 2.55. The summed E-state index contributed by atoms with van der Waals surface area (Å²) >= 11 is 6.09. The molecule has 0 fully saturated rings. The van der Waals surface area contributed by atoms with Crippen molar-refractivity contribution in [1.82, 2.24) is 5.32 Å². The Hall–Kier alpha value is -1.17. The first-order chi connectivity index (χ1) is 8.60. The van der Waals surface area contributed by atoms with Crippen molar-refractivity contribution in [2.75, 3.05) is 34.9 Å². The van der Waals surface area contributed by atoms with E-state index < -0.39 is 6.10 Å². The Labute approximate surface area is 112 Å². The third-order valence-corrected chi connectivity index (χ3v) is 2.83. The molecular formula is C12H18ClNO4. The number of halogens is 1. The van der Waals surface area contributed by atoms with Gasteiger partial charge in [-0.1, -0.05) is 11.6 Å². The van der Waals surface area contributed by atoms with Gasteiger partial charge in [-0.25, -0.2) is 0 Å². The van der Waals surface area contributed by atoms with Gasteiger partial charge in [-0.15, -0.1) is 0 Å². The topological polar surface area (TPSA) is 60.0 Å².